The number of allylic oxidation sites excluding steroid dienone is 4. The van der Waals surface area contributed by atoms with Crippen molar-refractivity contribution in [2.75, 3.05) is 28.2 Å². The van der Waals surface area contributed by atoms with Crippen LogP contribution in [-0.2, 0) is 26.7 Å². The van der Waals surface area contributed by atoms with Gasteiger partial charge in [-0.3, -0.25) is 49.6 Å². The number of carbonyl (C=O) groups is 6. The third-order valence-electron chi connectivity index (χ3n) is 8.15. The maximum absolute atomic E-state index is 12.4. The van der Waals surface area contributed by atoms with Gasteiger partial charge in [-0.2, -0.15) is 0 Å². The van der Waals surface area contributed by atoms with Gasteiger partial charge in [-0.1, -0.05) is 72.8 Å². The molecule has 3 aliphatic rings. The number of carbonyl (C=O) groups excluding carboxylic acids is 6. The summed E-state index contributed by atoms with van der Waals surface area (Å²) >= 11 is 0. The first-order valence-corrected chi connectivity index (χ1v) is 17.9. The number of pyridine rings is 2. The van der Waals surface area contributed by atoms with Crippen molar-refractivity contribution in [2.45, 2.75) is 0 Å². The minimum absolute atomic E-state index is 0. The van der Waals surface area contributed by atoms with Gasteiger partial charge >= 0.3 is 17.1 Å². The van der Waals surface area contributed by atoms with Gasteiger partial charge in [0.1, 0.15) is 0 Å². The summed E-state index contributed by atoms with van der Waals surface area (Å²) in [6.45, 7) is 0. The molecule has 3 aliphatic carbocycles. The Kier molecular flexibility index (Phi) is 15.9. The van der Waals surface area contributed by atoms with Crippen molar-refractivity contribution in [1.29, 1.82) is 10.8 Å². The van der Waals surface area contributed by atoms with E-state index < -0.39 is 0 Å². The maximum atomic E-state index is 12.4. The molecule has 306 valence electrons. The molecule has 4 aromatic heterocycles. The topological polar surface area (TPSA) is 236 Å². The number of nitrogens with one attached hydrogen (secondary N) is 2. The molecule has 9 rings (SSSR count). The van der Waals surface area contributed by atoms with Crippen molar-refractivity contribution in [2.24, 2.45) is 0 Å². The van der Waals surface area contributed by atoms with Gasteiger partial charge in [0.05, 0.1) is 22.8 Å². The van der Waals surface area contributed by atoms with Crippen LogP contribution in [0.4, 0.5) is 0 Å². The van der Waals surface area contributed by atoms with Crippen LogP contribution in [0, 0.1) is 10.8 Å². The molecule has 0 radical (unpaired) electrons. The van der Waals surface area contributed by atoms with E-state index in [1.165, 1.54) is 9.80 Å². The Bertz CT molecular complexity index is 2380. The second-order valence-electron chi connectivity index (χ2n) is 13.0. The number of hydrogen-bond donors (Lipinski definition) is 2. The fourth-order valence-electron chi connectivity index (χ4n) is 5.29. The van der Waals surface area contributed by atoms with E-state index in [-0.39, 0.29) is 74.4 Å². The van der Waals surface area contributed by atoms with Crippen molar-refractivity contribution in [3.05, 3.63) is 167 Å². The van der Waals surface area contributed by atoms with E-state index in [1.807, 2.05) is 0 Å². The largest absolute Gasteiger partial charge is 2.00 e. The van der Waals surface area contributed by atoms with Crippen molar-refractivity contribution in [3.8, 4) is 23.0 Å². The number of amides is 2. The Morgan fingerprint density at radius 3 is 1.10 bits per heavy atom. The molecule has 0 fully saturated rings. The third kappa shape index (κ3) is 11.0. The molecule has 2 amide bonds. The fourth-order valence-corrected chi connectivity index (χ4v) is 5.29. The summed E-state index contributed by atoms with van der Waals surface area (Å²) in [5.74, 6) is -0.472. The number of benzene rings is 2. The SMILES string of the molecule is CN(C)C=O.CN(C)C=O.N=C1C=CC=CC1=N.O=C1c2ccccc2C(=O)c2[n-]c(-c3ccccn3)nc21.O=C1c2ccccc2C(=O)c2[n-]c(-c3ccccn3)nc21.[Fe+2]. The predicted octanol–water partition coefficient (Wildman–Crippen LogP) is 4.31. The Hall–Kier alpha value is -7.88. The van der Waals surface area contributed by atoms with Gasteiger partial charge in [0.2, 0.25) is 12.8 Å². The third-order valence-corrected chi connectivity index (χ3v) is 8.15. The summed E-state index contributed by atoms with van der Waals surface area (Å²) in [4.78, 5) is 96.6. The molecule has 16 nitrogen and oxygen atoms in total. The first-order valence-electron chi connectivity index (χ1n) is 17.9. The first kappa shape index (κ1) is 45.8. The first-order chi connectivity index (χ1) is 28.9. The van der Waals surface area contributed by atoms with Gasteiger partial charge in [-0.05, 0) is 48.1 Å². The minimum atomic E-state index is -0.269. The van der Waals surface area contributed by atoms with E-state index in [1.54, 1.807) is 150 Å². The van der Waals surface area contributed by atoms with Crippen LogP contribution >= 0.6 is 0 Å². The van der Waals surface area contributed by atoms with Crippen molar-refractivity contribution < 1.29 is 45.8 Å². The molecule has 61 heavy (non-hydrogen) atoms. The van der Waals surface area contributed by atoms with E-state index in [0.717, 1.165) is 12.8 Å². The monoisotopic (exact) mass is 856 g/mol. The van der Waals surface area contributed by atoms with Crippen molar-refractivity contribution in [1.82, 2.24) is 39.7 Å². The van der Waals surface area contributed by atoms with Crippen LogP contribution in [0.25, 0.3) is 23.0 Å². The smallest absolute Gasteiger partial charge is 0.431 e. The van der Waals surface area contributed by atoms with Crippen LogP contribution in [0.5, 0.6) is 0 Å². The molecule has 0 bridgehead atoms. The van der Waals surface area contributed by atoms with Gasteiger partial charge in [0, 0.05) is 85.6 Å². The Balaban J connectivity index is 0.000000191. The molecular weight excluding hydrogens is 820 g/mol. The van der Waals surface area contributed by atoms with Crippen LogP contribution in [0.15, 0.2) is 122 Å². The zero-order valence-electron chi connectivity index (χ0n) is 33.1. The van der Waals surface area contributed by atoms with Gasteiger partial charge in [-0.25, -0.2) is 0 Å². The van der Waals surface area contributed by atoms with E-state index in [9.17, 15) is 28.8 Å². The number of aromatic nitrogens is 6. The molecule has 6 aromatic rings. The Labute approximate surface area is 360 Å². The van der Waals surface area contributed by atoms with Gasteiger partial charge in [-0.15, -0.1) is 0 Å². The van der Waals surface area contributed by atoms with Crippen LogP contribution in [0.2, 0.25) is 0 Å². The molecule has 0 saturated carbocycles. The second kappa shape index (κ2) is 21.2. The molecule has 0 saturated heterocycles. The number of imidazole rings is 2. The summed E-state index contributed by atoms with van der Waals surface area (Å²) in [6, 6.07) is 24.1. The van der Waals surface area contributed by atoms with E-state index in [4.69, 9.17) is 10.8 Å². The van der Waals surface area contributed by atoms with Crippen LogP contribution in [0.3, 0.4) is 0 Å². The molecule has 4 heterocycles. The molecular formula is C44H36FeN10O6. The zero-order chi connectivity index (χ0) is 43.3. The van der Waals surface area contributed by atoms with Crippen molar-refractivity contribution in [3.63, 3.8) is 0 Å². The van der Waals surface area contributed by atoms with E-state index in [0.29, 0.717) is 45.3 Å². The number of nitrogens with zero attached hydrogens (tertiary/aromatic N) is 8. The zero-order valence-corrected chi connectivity index (χ0v) is 34.2. The normalized spacial score (nSPS) is 12.3. The molecule has 2 N–H and O–H groups in total. The fraction of sp³-hybridized carbons (Fsp3) is 0.0909. The average Bonchev–Trinajstić information content (AvgIpc) is 3.95. The summed E-state index contributed by atoms with van der Waals surface area (Å²) < 4.78 is 0. The standard InChI is InChI=1S/2C16H9N3O2.C6H6N2.2C3H7NO.Fe/c2*20-14-9-5-1-2-6-10(9)15(21)13-12(14)18-16(19-13)11-7-3-4-8-17-11;7-5-3-1-2-4-6(5)8;2*1-4(2)3-5;/h2*1-8H,(H,17,18,19,20,21);1-4,7-8H;2*3H,1-2H3;/q;;;;;+2/p-2. The van der Waals surface area contributed by atoms with Gasteiger partial charge in [0.25, 0.3) is 0 Å². The Morgan fingerprint density at radius 1 is 0.508 bits per heavy atom. The number of rotatable bonds is 4. The number of ketones is 4. The van der Waals surface area contributed by atoms with E-state index in [2.05, 4.69) is 29.9 Å². The maximum Gasteiger partial charge on any atom is 2.00 e. The van der Waals surface area contributed by atoms with Crippen LogP contribution < -0.4 is 9.97 Å². The summed E-state index contributed by atoms with van der Waals surface area (Å²) in [7, 11) is 6.75. The summed E-state index contributed by atoms with van der Waals surface area (Å²) in [5.41, 5.74) is 3.60. The molecule has 2 aromatic carbocycles. The molecule has 0 unspecified atom stereocenters. The van der Waals surface area contributed by atoms with Gasteiger partial charge in [0.15, 0.2) is 23.1 Å². The summed E-state index contributed by atoms with van der Waals surface area (Å²) in [6.07, 6.45) is 11.4. The summed E-state index contributed by atoms with van der Waals surface area (Å²) in [5, 5.41) is 14.1. The average molecular weight is 857 g/mol. The number of hydrogen-bond acceptors (Lipinski definition) is 12. The van der Waals surface area contributed by atoms with Crippen LogP contribution in [-0.4, -0.2) is 105 Å². The quantitative estimate of drug-likeness (QED) is 0.143. The van der Waals surface area contributed by atoms with E-state index >= 15 is 0 Å². The molecule has 0 spiro atoms. The van der Waals surface area contributed by atoms with Crippen LogP contribution in [0.1, 0.15) is 64.2 Å². The van der Waals surface area contributed by atoms with Gasteiger partial charge < -0.3 is 29.7 Å². The number of fused-ring (bicyclic) bond motifs is 4. The molecule has 17 heteroatoms. The molecule has 0 atom stereocenters. The van der Waals surface area contributed by atoms with Crippen molar-refractivity contribution >= 4 is 47.4 Å². The molecule has 0 aliphatic heterocycles. The minimum Gasteiger partial charge on any atom is -0.431 e. The Morgan fingerprint density at radius 2 is 0.820 bits per heavy atom. The second-order valence-corrected chi connectivity index (χ2v) is 13.0. The predicted molar refractivity (Wildman–Crippen MR) is 221 cm³/mol.